The van der Waals surface area contributed by atoms with Crippen molar-refractivity contribution >= 4 is 63.4 Å². The highest BCUT2D eigenvalue weighted by Crippen LogP contribution is 2.32. The Labute approximate surface area is 193 Å². The van der Waals surface area contributed by atoms with Crippen LogP contribution in [0.1, 0.15) is 10.4 Å². The maximum atomic E-state index is 13.0. The molecule has 1 aromatic carbocycles. The van der Waals surface area contributed by atoms with Crippen molar-refractivity contribution in [3.8, 4) is 5.75 Å². The van der Waals surface area contributed by atoms with Crippen LogP contribution in [0.25, 0.3) is 11.0 Å². The van der Waals surface area contributed by atoms with E-state index < -0.39 is 0 Å². The van der Waals surface area contributed by atoms with Crippen LogP contribution in [-0.4, -0.2) is 47.0 Å². The third-order valence-electron chi connectivity index (χ3n) is 4.58. The number of hydrogen-bond acceptors (Lipinski definition) is 7. The topological polar surface area (TPSA) is 108 Å². The molecule has 3 heterocycles. The first-order valence-electron chi connectivity index (χ1n) is 9.45. The predicted molar refractivity (Wildman–Crippen MR) is 127 cm³/mol. The average molecular weight is 472 g/mol. The Hall–Kier alpha value is -3.56. The lowest BCUT2D eigenvalue weighted by molar-refractivity contribution is 0.102. The van der Waals surface area contributed by atoms with E-state index in [0.717, 1.165) is 5.82 Å². The number of hydrogen-bond donors (Lipinski definition) is 3. The first-order chi connectivity index (χ1) is 15.4. The fourth-order valence-corrected chi connectivity index (χ4v) is 3.48. The lowest BCUT2D eigenvalue weighted by atomic mass is 10.1. The van der Waals surface area contributed by atoms with Crippen LogP contribution in [0.2, 0.25) is 10.0 Å². The van der Waals surface area contributed by atoms with Crippen molar-refractivity contribution < 1.29 is 9.53 Å². The molecule has 0 atom stereocenters. The van der Waals surface area contributed by atoms with Crippen LogP contribution in [0.15, 0.2) is 42.7 Å². The standard InChI is InChI=1S/C21H19Cl2N7O2/c1-30(2)18-6-4-5-17(27-18)28-20(31)11-7-14-15(8-16(11)32-3)26-21(25-14)29-19-12(22)9-24-10-13(19)23/h4-10H,1-3H3,(H,27,28,31)(H2,24,25,26,29). The maximum Gasteiger partial charge on any atom is 0.260 e. The number of pyridine rings is 2. The van der Waals surface area contributed by atoms with Crippen molar-refractivity contribution in [2.24, 2.45) is 0 Å². The smallest absolute Gasteiger partial charge is 0.260 e. The molecule has 3 N–H and O–H groups in total. The lowest BCUT2D eigenvalue weighted by Gasteiger charge is -2.13. The maximum absolute atomic E-state index is 13.0. The molecule has 0 saturated carbocycles. The second kappa shape index (κ2) is 8.89. The summed E-state index contributed by atoms with van der Waals surface area (Å²) in [6.07, 6.45) is 2.95. The van der Waals surface area contributed by atoms with Crippen LogP contribution in [0.3, 0.4) is 0 Å². The molecular formula is C21H19Cl2N7O2. The summed E-state index contributed by atoms with van der Waals surface area (Å²) in [5.74, 6) is 1.56. The largest absolute Gasteiger partial charge is 0.496 e. The van der Waals surface area contributed by atoms with Crippen molar-refractivity contribution in [2.45, 2.75) is 0 Å². The molecule has 164 valence electrons. The van der Waals surface area contributed by atoms with E-state index in [4.69, 9.17) is 27.9 Å². The van der Waals surface area contributed by atoms with Crippen LogP contribution in [0.4, 0.5) is 23.3 Å². The highest BCUT2D eigenvalue weighted by atomic mass is 35.5. The monoisotopic (exact) mass is 471 g/mol. The van der Waals surface area contributed by atoms with E-state index in [1.165, 1.54) is 19.5 Å². The van der Waals surface area contributed by atoms with Gasteiger partial charge in [-0.2, -0.15) is 0 Å². The summed E-state index contributed by atoms with van der Waals surface area (Å²) in [7, 11) is 5.25. The Morgan fingerprint density at radius 2 is 1.88 bits per heavy atom. The number of carbonyl (C=O) groups excluding carboxylic acids is 1. The second-order valence-electron chi connectivity index (χ2n) is 6.99. The normalized spacial score (nSPS) is 10.8. The molecule has 0 saturated heterocycles. The number of ether oxygens (including phenoxy) is 1. The number of nitrogens with zero attached hydrogens (tertiary/aromatic N) is 4. The molecule has 3 aromatic heterocycles. The van der Waals surface area contributed by atoms with Gasteiger partial charge in [-0.25, -0.2) is 9.97 Å². The summed E-state index contributed by atoms with van der Waals surface area (Å²) in [5.41, 5.74) is 2.00. The van der Waals surface area contributed by atoms with E-state index in [9.17, 15) is 4.79 Å². The van der Waals surface area contributed by atoms with Gasteiger partial charge < -0.3 is 25.3 Å². The van der Waals surface area contributed by atoms with E-state index in [1.807, 2.05) is 31.1 Å². The van der Waals surface area contributed by atoms with Gasteiger partial charge in [-0.3, -0.25) is 9.78 Å². The van der Waals surface area contributed by atoms with E-state index >= 15 is 0 Å². The number of fused-ring (bicyclic) bond motifs is 1. The molecule has 0 aliphatic rings. The number of rotatable bonds is 6. The average Bonchev–Trinajstić information content (AvgIpc) is 3.17. The highest BCUT2D eigenvalue weighted by Gasteiger charge is 2.17. The molecule has 9 nitrogen and oxygen atoms in total. The van der Waals surface area contributed by atoms with E-state index in [-0.39, 0.29) is 5.91 Å². The van der Waals surface area contributed by atoms with Gasteiger partial charge >= 0.3 is 0 Å². The fourth-order valence-electron chi connectivity index (χ4n) is 3.02. The van der Waals surface area contributed by atoms with Gasteiger partial charge in [-0.05, 0) is 18.2 Å². The van der Waals surface area contributed by atoms with Crippen LogP contribution in [0.5, 0.6) is 5.75 Å². The van der Waals surface area contributed by atoms with Gasteiger partial charge in [-0.15, -0.1) is 0 Å². The first-order valence-corrected chi connectivity index (χ1v) is 10.2. The number of aromatic nitrogens is 4. The Morgan fingerprint density at radius 3 is 2.56 bits per heavy atom. The molecule has 4 aromatic rings. The first kappa shape index (κ1) is 21.7. The summed E-state index contributed by atoms with van der Waals surface area (Å²) < 4.78 is 5.43. The molecule has 0 spiro atoms. The van der Waals surface area contributed by atoms with Gasteiger partial charge in [0, 0.05) is 32.6 Å². The van der Waals surface area contributed by atoms with Crippen molar-refractivity contribution in [2.75, 3.05) is 36.7 Å². The number of nitrogens with one attached hydrogen (secondary N) is 3. The minimum absolute atomic E-state index is 0.315. The molecule has 0 unspecified atom stereocenters. The molecule has 11 heteroatoms. The fraction of sp³-hybridized carbons (Fsp3) is 0.143. The van der Waals surface area contributed by atoms with E-state index in [0.29, 0.717) is 49.8 Å². The number of imidazole rings is 1. The van der Waals surface area contributed by atoms with Crippen LogP contribution in [-0.2, 0) is 0 Å². The summed E-state index contributed by atoms with van der Waals surface area (Å²) in [6, 6.07) is 8.72. The number of benzene rings is 1. The molecule has 0 bridgehead atoms. The number of H-pyrrole nitrogens is 1. The molecule has 32 heavy (non-hydrogen) atoms. The van der Waals surface area contributed by atoms with Gasteiger partial charge in [0.1, 0.15) is 17.4 Å². The van der Waals surface area contributed by atoms with Crippen LogP contribution in [0, 0.1) is 0 Å². The Kier molecular flexibility index (Phi) is 6.02. The minimum Gasteiger partial charge on any atom is -0.496 e. The minimum atomic E-state index is -0.370. The van der Waals surface area contributed by atoms with Gasteiger partial charge in [0.15, 0.2) is 0 Å². The van der Waals surface area contributed by atoms with Crippen molar-refractivity contribution in [1.29, 1.82) is 0 Å². The SMILES string of the molecule is COc1cc2[nH]c(Nc3c(Cl)cncc3Cl)nc2cc1C(=O)Nc1cccc(N(C)C)n1. The Balaban J connectivity index is 1.65. The summed E-state index contributed by atoms with van der Waals surface area (Å²) in [5, 5.41) is 6.55. The molecule has 4 rings (SSSR count). The zero-order chi connectivity index (χ0) is 22.8. The molecule has 0 fully saturated rings. The lowest BCUT2D eigenvalue weighted by Crippen LogP contribution is -2.16. The summed E-state index contributed by atoms with van der Waals surface area (Å²) >= 11 is 12.3. The van der Waals surface area contributed by atoms with Crippen molar-refractivity contribution in [3.05, 3.63) is 58.3 Å². The second-order valence-corrected chi connectivity index (χ2v) is 7.80. The van der Waals surface area contributed by atoms with Gasteiger partial charge in [0.05, 0.1) is 39.4 Å². The molecule has 1 amide bonds. The number of anilines is 4. The van der Waals surface area contributed by atoms with Gasteiger partial charge in [0.2, 0.25) is 5.95 Å². The van der Waals surface area contributed by atoms with Gasteiger partial charge in [0.25, 0.3) is 5.91 Å². The summed E-state index contributed by atoms with van der Waals surface area (Å²) in [6.45, 7) is 0. The molecule has 0 radical (unpaired) electrons. The third-order valence-corrected chi connectivity index (χ3v) is 5.15. The molecule has 0 aliphatic heterocycles. The zero-order valence-corrected chi connectivity index (χ0v) is 18.9. The van der Waals surface area contributed by atoms with Crippen LogP contribution < -0.4 is 20.3 Å². The number of amides is 1. The Morgan fingerprint density at radius 1 is 1.12 bits per heavy atom. The number of halogens is 2. The number of methoxy groups -OCH3 is 1. The summed E-state index contributed by atoms with van der Waals surface area (Å²) in [4.78, 5) is 30.8. The van der Waals surface area contributed by atoms with Crippen LogP contribution >= 0.6 is 23.2 Å². The van der Waals surface area contributed by atoms with E-state index in [1.54, 1.807) is 18.2 Å². The molecular weight excluding hydrogens is 453 g/mol. The number of carbonyl (C=O) groups is 1. The zero-order valence-electron chi connectivity index (χ0n) is 17.4. The Bertz CT molecular complexity index is 1290. The third kappa shape index (κ3) is 4.39. The quantitative estimate of drug-likeness (QED) is 0.372. The molecule has 0 aliphatic carbocycles. The predicted octanol–water partition coefficient (Wildman–Crippen LogP) is 4.73. The number of aromatic amines is 1. The van der Waals surface area contributed by atoms with Crippen molar-refractivity contribution in [3.63, 3.8) is 0 Å². The van der Waals surface area contributed by atoms with Gasteiger partial charge in [-0.1, -0.05) is 29.3 Å². The van der Waals surface area contributed by atoms with Crippen molar-refractivity contribution in [1.82, 2.24) is 19.9 Å². The van der Waals surface area contributed by atoms with E-state index in [2.05, 4.69) is 30.6 Å². The highest BCUT2D eigenvalue weighted by molar-refractivity contribution is 6.39.